The molecule has 0 aliphatic carbocycles. The van der Waals surface area contributed by atoms with E-state index in [2.05, 4.69) is 5.32 Å². The van der Waals surface area contributed by atoms with Gasteiger partial charge in [-0.2, -0.15) is 0 Å². The fourth-order valence-corrected chi connectivity index (χ4v) is 1.40. The Morgan fingerprint density at radius 3 is 2.59 bits per heavy atom. The van der Waals surface area contributed by atoms with Crippen LogP contribution in [0.3, 0.4) is 0 Å². The summed E-state index contributed by atoms with van der Waals surface area (Å²) in [5.74, 6) is -2.08. The van der Waals surface area contributed by atoms with E-state index in [1.807, 2.05) is 0 Å². The molecule has 1 aromatic carbocycles. The van der Waals surface area contributed by atoms with Gasteiger partial charge in [0.1, 0.15) is 17.3 Å². The first-order valence-electron chi connectivity index (χ1n) is 4.47. The molecule has 17 heavy (non-hydrogen) atoms. The molecule has 1 unspecified atom stereocenters. The molecule has 0 aromatic heterocycles. The zero-order chi connectivity index (χ0) is 13.2. The second-order valence-electron chi connectivity index (χ2n) is 3.33. The maximum absolute atomic E-state index is 12.9. The van der Waals surface area contributed by atoms with Crippen molar-refractivity contribution >= 4 is 19.0 Å². The zero-order valence-electron chi connectivity index (χ0n) is 8.70. The third kappa shape index (κ3) is 3.48. The van der Waals surface area contributed by atoms with E-state index in [0.29, 0.717) is 0 Å². The van der Waals surface area contributed by atoms with E-state index in [0.717, 1.165) is 25.1 Å². The van der Waals surface area contributed by atoms with Gasteiger partial charge in [0, 0.05) is 12.1 Å². The molecule has 0 heterocycles. The van der Waals surface area contributed by atoms with Crippen LogP contribution in [-0.2, 0) is 4.57 Å². The van der Waals surface area contributed by atoms with Crippen molar-refractivity contribution in [2.45, 2.75) is 12.7 Å². The van der Waals surface area contributed by atoms with E-state index < -0.39 is 29.8 Å². The Hall–Kier alpha value is -1.50. The number of anilines is 1. The number of nitrogens with zero attached hydrogens (tertiary/aromatic N) is 1. The van der Waals surface area contributed by atoms with Crippen LogP contribution in [0.5, 0.6) is 0 Å². The fourth-order valence-electron chi connectivity index (χ4n) is 1.09. The highest BCUT2D eigenvalue weighted by Gasteiger charge is 2.26. The molecule has 94 valence electrons. The minimum atomic E-state index is -4.44. The molecule has 3 N–H and O–H groups in total. The summed E-state index contributed by atoms with van der Waals surface area (Å²) in [6, 6.07) is 2.62. The monoisotopic (exact) mass is 264 g/mol. The van der Waals surface area contributed by atoms with E-state index >= 15 is 0 Å². The zero-order valence-corrected chi connectivity index (χ0v) is 9.60. The van der Waals surface area contributed by atoms with Crippen LogP contribution in [0.4, 0.5) is 15.8 Å². The van der Waals surface area contributed by atoms with Crippen LogP contribution in [-0.4, -0.2) is 20.5 Å². The van der Waals surface area contributed by atoms with Crippen molar-refractivity contribution in [3.8, 4) is 0 Å². The maximum atomic E-state index is 12.9. The first-order chi connectivity index (χ1) is 7.71. The van der Waals surface area contributed by atoms with Gasteiger partial charge in [0.2, 0.25) is 0 Å². The van der Waals surface area contributed by atoms with Gasteiger partial charge in [0.15, 0.2) is 0 Å². The lowest BCUT2D eigenvalue weighted by Crippen LogP contribution is -2.16. The summed E-state index contributed by atoms with van der Waals surface area (Å²) in [4.78, 5) is 27.5. The average Bonchev–Trinajstić information content (AvgIpc) is 2.15. The quantitative estimate of drug-likeness (QED) is 0.433. The molecule has 0 saturated carbocycles. The van der Waals surface area contributed by atoms with E-state index in [1.54, 1.807) is 0 Å². The normalized spacial score (nSPS) is 13.2. The Morgan fingerprint density at radius 2 is 2.12 bits per heavy atom. The number of benzene rings is 1. The standard InChI is InChI=1S/C8H10FN2O5P/c1-5(17(14,15)16)10-7-4-6(9)2-3-8(7)11(12)13/h2-5,10H,1H3,(H2,14,15,16). The minimum absolute atomic E-state index is 0.272. The van der Waals surface area contributed by atoms with Gasteiger partial charge in [-0.25, -0.2) is 4.39 Å². The van der Waals surface area contributed by atoms with Gasteiger partial charge in [-0.05, 0) is 13.0 Å². The lowest BCUT2D eigenvalue weighted by molar-refractivity contribution is -0.384. The third-order valence-electron chi connectivity index (χ3n) is 2.02. The van der Waals surface area contributed by atoms with Crippen LogP contribution in [0.15, 0.2) is 18.2 Å². The van der Waals surface area contributed by atoms with Crippen molar-refractivity contribution in [1.29, 1.82) is 0 Å². The summed E-state index contributed by atoms with van der Waals surface area (Å²) in [6.07, 6.45) is 0. The van der Waals surface area contributed by atoms with E-state index in [1.165, 1.54) is 0 Å². The largest absolute Gasteiger partial charge is 0.366 e. The van der Waals surface area contributed by atoms with E-state index in [-0.39, 0.29) is 5.69 Å². The Kier molecular flexibility index (Phi) is 3.82. The number of nitro benzene ring substituents is 1. The van der Waals surface area contributed by atoms with Crippen molar-refractivity contribution in [2.24, 2.45) is 0 Å². The van der Waals surface area contributed by atoms with Crippen molar-refractivity contribution in [1.82, 2.24) is 0 Å². The molecule has 1 atom stereocenters. The summed E-state index contributed by atoms with van der Waals surface area (Å²) in [7, 11) is -4.44. The summed E-state index contributed by atoms with van der Waals surface area (Å²) >= 11 is 0. The highest BCUT2D eigenvalue weighted by Crippen LogP contribution is 2.42. The lowest BCUT2D eigenvalue weighted by atomic mass is 10.2. The first kappa shape index (κ1) is 13.6. The molecular formula is C8H10FN2O5P. The van der Waals surface area contributed by atoms with Gasteiger partial charge >= 0.3 is 7.60 Å². The van der Waals surface area contributed by atoms with E-state index in [9.17, 15) is 19.1 Å². The molecule has 1 aromatic rings. The predicted molar refractivity (Wildman–Crippen MR) is 58.2 cm³/mol. The molecule has 0 aliphatic heterocycles. The molecule has 1 rings (SSSR count). The molecule has 0 amide bonds. The lowest BCUT2D eigenvalue weighted by Gasteiger charge is -2.16. The van der Waals surface area contributed by atoms with Crippen LogP contribution >= 0.6 is 7.60 Å². The Labute approximate surface area is 95.6 Å². The van der Waals surface area contributed by atoms with Crippen molar-refractivity contribution in [2.75, 3.05) is 5.32 Å². The molecule has 0 fully saturated rings. The minimum Gasteiger partial charge on any atom is -0.366 e. The van der Waals surface area contributed by atoms with Crippen LogP contribution in [0.2, 0.25) is 0 Å². The summed E-state index contributed by atoms with van der Waals surface area (Å²) < 4.78 is 23.8. The number of halogens is 1. The maximum Gasteiger partial charge on any atom is 0.347 e. The summed E-state index contributed by atoms with van der Waals surface area (Å²) in [5, 5.41) is 12.8. The van der Waals surface area contributed by atoms with Crippen LogP contribution in [0, 0.1) is 15.9 Å². The number of rotatable bonds is 4. The van der Waals surface area contributed by atoms with Crippen molar-refractivity contribution in [3.63, 3.8) is 0 Å². The van der Waals surface area contributed by atoms with Gasteiger partial charge in [-0.15, -0.1) is 0 Å². The third-order valence-corrected chi connectivity index (χ3v) is 3.16. The van der Waals surface area contributed by atoms with Gasteiger partial charge in [-0.1, -0.05) is 0 Å². The van der Waals surface area contributed by atoms with Gasteiger partial charge in [0.25, 0.3) is 5.69 Å². The molecule has 0 radical (unpaired) electrons. The van der Waals surface area contributed by atoms with Crippen molar-refractivity contribution in [3.05, 3.63) is 34.1 Å². The van der Waals surface area contributed by atoms with Crippen LogP contribution in [0.1, 0.15) is 6.92 Å². The summed E-state index contributed by atoms with van der Waals surface area (Å²) in [6.45, 7) is 1.15. The van der Waals surface area contributed by atoms with Crippen molar-refractivity contribution < 1.29 is 23.7 Å². The molecular weight excluding hydrogens is 254 g/mol. The number of hydrogen-bond donors (Lipinski definition) is 3. The Balaban J connectivity index is 3.09. The molecule has 0 saturated heterocycles. The number of nitrogens with one attached hydrogen (secondary N) is 1. The second kappa shape index (κ2) is 4.79. The highest BCUT2D eigenvalue weighted by atomic mass is 31.2. The van der Waals surface area contributed by atoms with Gasteiger partial charge < -0.3 is 15.1 Å². The van der Waals surface area contributed by atoms with Gasteiger partial charge in [0.05, 0.1) is 4.92 Å². The molecule has 7 nitrogen and oxygen atoms in total. The Bertz CT molecular complexity index is 489. The topological polar surface area (TPSA) is 113 Å². The molecule has 0 bridgehead atoms. The molecule has 0 spiro atoms. The second-order valence-corrected chi connectivity index (χ2v) is 5.28. The molecule has 9 heteroatoms. The Morgan fingerprint density at radius 1 is 1.53 bits per heavy atom. The van der Waals surface area contributed by atoms with Gasteiger partial charge in [-0.3, -0.25) is 14.7 Å². The number of nitro groups is 1. The van der Waals surface area contributed by atoms with Crippen LogP contribution < -0.4 is 5.32 Å². The van der Waals surface area contributed by atoms with E-state index in [4.69, 9.17) is 9.79 Å². The summed E-state index contributed by atoms with van der Waals surface area (Å²) in [5.41, 5.74) is -0.725. The molecule has 0 aliphatic rings. The predicted octanol–water partition coefficient (Wildman–Crippen LogP) is 1.67. The highest BCUT2D eigenvalue weighted by molar-refractivity contribution is 7.52. The first-order valence-corrected chi connectivity index (χ1v) is 6.15. The average molecular weight is 264 g/mol. The SMILES string of the molecule is CC(Nc1cc(F)ccc1[N+](=O)[O-])P(=O)(O)O. The fraction of sp³-hybridized carbons (Fsp3) is 0.250. The smallest absolute Gasteiger partial charge is 0.347 e. The number of hydrogen-bond acceptors (Lipinski definition) is 4. The van der Waals surface area contributed by atoms with Crippen LogP contribution in [0.25, 0.3) is 0 Å².